The fourth-order valence-electron chi connectivity index (χ4n) is 2.48. The van der Waals surface area contributed by atoms with E-state index >= 15 is 0 Å². The number of rotatable bonds is 5. The Kier molecular flexibility index (Phi) is 4.55. The van der Waals surface area contributed by atoms with Crippen LogP contribution in [0.4, 0.5) is 4.39 Å². The quantitative estimate of drug-likeness (QED) is 0.867. The second-order valence-corrected chi connectivity index (χ2v) is 4.92. The van der Waals surface area contributed by atoms with Gasteiger partial charge in [-0.25, -0.2) is 4.39 Å². The minimum Gasteiger partial charge on any atom is -0.494 e. The molecular formula is C14H21FN2O. The molecular weight excluding hydrogens is 231 g/mol. The first-order chi connectivity index (χ1) is 8.70. The van der Waals surface area contributed by atoms with Crippen LogP contribution in [0, 0.1) is 5.82 Å². The summed E-state index contributed by atoms with van der Waals surface area (Å²) in [6, 6.07) is 5.84. The van der Waals surface area contributed by atoms with E-state index in [4.69, 9.17) is 4.74 Å². The van der Waals surface area contributed by atoms with Crippen molar-refractivity contribution in [3.63, 3.8) is 0 Å². The molecule has 1 N–H and O–H groups in total. The van der Waals surface area contributed by atoms with Crippen molar-refractivity contribution in [2.75, 3.05) is 27.2 Å². The third-order valence-corrected chi connectivity index (χ3v) is 3.40. The van der Waals surface area contributed by atoms with Crippen LogP contribution in [0.25, 0.3) is 0 Å². The van der Waals surface area contributed by atoms with Crippen molar-refractivity contribution in [2.24, 2.45) is 0 Å². The van der Waals surface area contributed by atoms with Gasteiger partial charge in [0.25, 0.3) is 0 Å². The predicted molar refractivity (Wildman–Crippen MR) is 70.3 cm³/mol. The highest BCUT2D eigenvalue weighted by molar-refractivity contribution is 5.30. The average molecular weight is 252 g/mol. The first-order valence-corrected chi connectivity index (χ1v) is 6.44. The Morgan fingerprint density at radius 1 is 1.50 bits per heavy atom. The summed E-state index contributed by atoms with van der Waals surface area (Å²) >= 11 is 0. The van der Waals surface area contributed by atoms with Crippen LogP contribution in [0.2, 0.25) is 0 Å². The minimum atomic E-state index is -0.244. The Bertz CT molecular complexity index is 391. The van der Waals surface area contributed by atoms with Crippen LogP contribution in [0.3, 0.4) is 0 Å². The molecule has 18 heavy (non-hydrogen) atoms. The van der Waals surface area contributed by atoms with Gasteiger partial charge in [-0.2, -0.15) is 0 Å². The lowest BCUT2D eigenvalue weighted by atomic mass is 10.1. The van der Waals surface area contributed by atoms with Gasteiger partial charge < -0.3 is 15.0 Å². The number of hydrogen-bond donors (Lipinski definition) is 1. The van der Waals surface area contributed by atoms with Crippen molar-refractivity contribution in [2.45, 2.75) is 25.4 Å². The zero-order valence-electron chi connectivity index (χ0n) is 11.1. The molecule has 0 saturated carbocycles. The lowest BCUT2D eigenvalue weighted by Crippen LogP contribution is -2.35. The third-order valence-electron chi connectivity index (χ3n) is 3.40. The second-order valence-electron chi connectivity index (χ2n) is 4.92. The zero-order valence-corrected chi connectivity index (χ0v) is 11.1. The Hall–Kier alpha value is -1.13. The first kappa shape index (κ1) is 13.3. The Labute approximate surface area is 108 Å². The molecule has 100 valence electrons. The lowest BCUT2D eigenvalue weighted by Gasteiger charge is -2.21. The molecule has 3 nitrogen and oxygen atoms in total. The van der Waals surface area contributed by atoms with Crippen LogP contribution in [0.1, 0.15) is 18.4 Å². The van der Waals surface area contributed by atoms with E-state index in [2.05, 4.69) is 10.2 Å². The third kappa shape index (κ3) is 3.21. The highest BCUT2D eigenvalue weighted by atomic mass is 19.1. The molecule has 0 aromatic heterocycles. The maximum Gasteiger partial charge on any atom is 0.169 e. The highest BCUT2D eigenvalue weighted by Gasteiger charge is 2.17. The molecule has 1 aromatic rings. The number of hydrogen-bond acceptors (Lipinski definition) is 3. The summed E-state index contributed by atoms with van der Waals surface area (Å²) < 4.78 is 19.0. The summed E-state index contributed by atoms with van der Waals surface area (Å²) in [5.74, 6) is 0.0751. The number of benzene rings is 1. The SMILES string of the molecule is COc1cccc(CN(C)CC2CCCN2)c1F. The molecule has 4 heteroatoms. The van der Waals surface area contributed by atoms with Crippen LogP contribution in [0.15, 0.2) is 18.2 Å². The molecule has 1 atom stereocenters. The van der Waals surface area contributed by atoms with E-state index < -0.39 is 0 Å². The molecule has 1 fully saturated rings. The van der Waals surface area contributed by atoms with Crippen LogP contribution in [0.5, 0.6) is 5.75 Å². The smallest absolute Gasteiger partial charge is 0.169 e. The van der Waals surface area contributed by atoms with Gasteiger partial charge in [0.05, 0.1) is 7.11 Å². The van der Waals surface area contributed by atoms with Gasteiger partial charge in [-0.15, -0.1) is 0 Å². The van der Waals surface area contributed by atoms with E-state index in [-0.39, 0.29) is 5.82 Å². The van der Waals surface area contributed by atoms with Crippen LogP contribution >= 0.6 is 0 Å². The van der Waals surface area contributed by atoms with E-state index in [9.17, 15) is 4.39 Å². The van der Waals surface area contributed by atoms with Crippen LogP contribution < -0.4 is 10.1 Å². The van der Waals surface area contributed by atoms with Gasteiger partial charge in [0, 0.05) is 24.7 Å². The molecule has 1 heterocycles. The van der Waals surface area contributed by atoms with E-state index in [0.717, 1.165) is 13.1 Å². The standard InChI is InChI=1S/C14H21FN2O/c1-17(10-12-6-4-8-16-12)9-11-5-3-7-13(18-2)14(11)15/h3,5,7,12,16H,4,6,8-10H2,1-2H3. The highest BCUT2D eigenvalue weighted by Crippen LogP contribution is 2.21. The molecule has 0 radical (unpaired) electrons. The Morgan fingerprint density at radius 2 is 2.33 bits per heavy atom. The normalized spacial score (nSPS) is 19.4. The van der Waals surface area contributed by atoms with Gasteiger partial charge in [-0.1, -0.05) is 12.1 Å². The van der Waals surface area contributed by atoms with Gasteiger partial charge in [-0.3, -0.25) is 0 Å². The van der Waals surface area contributed by atoms with E-state index in [1.54, 1.807) is 6.07 Å². The fraction of sp³-hybridized carbons (Fsp3) is 0.571. The topological polar surface area (TPSA) is 24.5 Å². The van der Waals surface area contributed by atoms with Crippen molar-refractivity contribution < 1.29 is 9.13 Å². The number of halogens is 1. The number of nitrogens with one attached hydrogen (secondary N) is 1. The lowest BCUT2D eigenvalue weighted by molar-refractivity contribution is 0.287. The molecule has 0 bridgehead atoms. The van der Waals surface area contributed by atoms with Crippen LogP contribution in [-0.2, 0) is 6.54 Å². The maximum atomic E-state index is 14.0. The van der Waals surface area contributed by atoms with E-state index in [1.807, 2.05) is 19.2 Å². The largest absolute Gasteiger partial charge is 0.494 e. The second kappa shape index (κ2) is 6.16. The molecule has 0 aliphatic carbocycles. The Morgan fingerprint density at radius 3 is 3.00 bits per heavy atom. The summed E-state index contributed by atoms with van der Waals surface area (Å²) in [6.45, 7) is 2.67. The van der Waals surface area contributed by atoms with Crippen molar-refractivity contribution in [3.8, 4) is 5.75 Å². The van der Waals surface area contributed by atoms with Crippen molar-refractivity contribution in [1.82, 2.24) is 10.2 Å². The van der Waals surface area contributed by atoms with Gasteiger partial charge >= 0.3 is 0 Å². The summed E-state index contributed by atoms with van der Waals surface area (Å²) in [7, 11) is 3.52. The molecule has 0 amide bonds. The molecule has 1 aliphatic rings. The van der Waals surface area contributed by atoms with Crippen molar-refractivity contribution in [3.05, 3.63) is 29.6 Å². The fourth-order valence-corrected chi connectivity index (χ4v) is 2.48. The van der Waals surface area contributed by atoms with Crippen molar-refractivity contribution in [1.29, 1.82) is 0 Å². The summed E-state index contributed by atoms with van der Waals surface area (Å²) in [4.78, 5) is 2.15. The minimum absolute atomic E-state index is 0.244. The van der Waals surface area contributed by atoms with Gasteiger partial charge in [0.1, 0.15) is 0 Å². The number of likely N-dealkylation sites (N-methyl/N-ethyl adjacent to an activating group) is 1. The Balaban J connectivity index is 1.95. The number of ether oxygens (including phenoxy) is 1. The molecule has 1 aromatic carbocycles. The number of nitrogens with zero attached hydrogens (tertiary/aromatic N) is 1. The van der Waals surface area contributed by atoms with E-state index in [0.29, 0.717) is 23.9 Å². The van der Waals surface area contributed by atoms with Gasteiger partial charge in [0.2, 0.25) is 0 Å². The van der Waals surface area contributed by atoms with E-state index in [1.165, 1.54) is 20.0 Å². The molecule has 2 rings (SSSR count). The summed E-state index contributed by atoms with van der Waals surface area (Å²) in [5.41, 5.74) is 0.690. The predicted octanol–water partition coefficient (Wildman–Crippen LogP) is 2.02. The molecule has 1 unspecified atom stereocenters. The molecule has 1 aliphatic heterocycles. The molecule has 0 spiro atoms. The summed E-state index contributed by atoms with van der Waals surface area (Å²) in [5, 5.41) is 3.45. The number of methoxy groups -OCH3 is 1. The first-order valence-electron chi connectivity index (χ1n) is 6.44. The monoisotopic (exact) mass is 252 g/mol. The van der Waals surface area contributed by atoms with Crippen molar-refractivity contribution >= 4 is 0 Å². The zero-order chi connectivity index (χ0) is 13.0. The molecule has 1 saturated heterocycles. The van der Waals surface area contributed by atoms with Crippen LogP contribution in [-0.4, -0.2) is 38.2 Å². The maximum absolute atomic E-state index is 14.0. The average Bonchev–Trinajstić information content (AvgIpc) is 2.84. The summed E-state index contributed by atoms with van der Waals surface area (Å²) in [6.07, 6.45) is 2.46. The van der Waals surface area contributed by atoms with Gasteiger partial charge in [0.15, 0.2) is 11.6 Å². The van der Waals surface area contributed by atoms with Gasteiger partial charge in [-0.05, 0) is 32.5 Å².